The molecule has 19 heavy (non-hydrogen) atoms. The number of hydrogen-bond donors (Lipinski definition) is 1. The molecule has 2 aromatic rings. The molecule has 6 heteroatoms. The lowest BCUT2D eigenvalue weighted by atomic mass is 9.93. The van der Waals surface area contributed by atoms with E-state index in [4.69, 9.17) is 5.73 Å². The number of piperidine rings is 1. The lowest BCUT2D eigenvalue weighted by Gasteiger charge is -2.37. The number of hydrogen-bond acceptors (Lipinski definition) is 5. The fraction of sp³-hybridized carbons (Fsp3) is 0.462. The molecule has 0 unspecified atom stereocenters. The SMILES string of the molecule is C[C@H]1CC[C@@H](C(N)=O)CN1c1ncnc2ccsc12. The molecule has 0 bridgehead atoms. The Morgan fingerprint density at radius 1 is 1.47 bits per heavy atom. The summed E-state index contributed by atoms with van der Waals surface area (Å²) < 4.78 is 1.08. The van der Waals surface area contributed by atoms with Crippen LogP contribution in [0.2, 0.25) is 0 Å². The van der Waals surface area contributed by atoms with E-state index in [2.05, 4.69) is 21.8 Å². The zero-order valence-electron chi connectivity index (χ0n) is 10.7. The highest BCUT2D eigenvalue weighted by Crippen LogP contribution is 2.33. The lowest BCUT2D eigenvalue weighted by molar-refractivity contribution is -0.122. The van der Waals surface area contributed by atoms with Gasteiger partial charge in [-0.2, -0.15) is 0 Å². The molecule has 1 fully saturated rings. The van der Waals surface area contributed by atoms with Gasteiger partial charge in [0.25, 0.3) is 0 Å². The van der Waals surface area contributed by atoms with Crippen molar-refractivity contribution in [3.05, 3.63) is 17.8 Å². The molecule has 3 heterocycles. The Balaban J connectivity index is 1.99. The number of thiophene rings is 1. The highest BCUT2D eigenvalue weighted by atomic mass is 32.1. The van der Waals surface area contributed by atoms with E-state index in [1.165, 1.54) is 0 Å². The van der Waals surface area contributed by atoms with Crippen LogP contribution in [0.25, 0.3) is 10.2 Å². The number of carbonyl (C=O) groups excluding carboxylic acids is 1. The summed E-state index contributed by atoms with van der Waals surface area (Å²) in [7, 11) is 0. The van der Waals surface area contributed by atoms with E-state index in [1.807, 2.05) is 11.4 Å². The van der Waals surface area contributed by atoms with Gasteiger partial charge in [0.05, 0.1) is 16.1 Å². The molecular formula is C13H16N4OS. The monoisotopic (exact) mass is 276 g/mol. The third-order valence-electron chi connectivity index (χ3n) is 3.78. The molecule has 2 atom stereocenters. The predicted molar refractivity (Wildman–Crippen MR) is 76.1 cm³/mol. The summed E-state index contributed by atoms with van der Waals surface area (Å²) in [5.74, 6) is 0.632. The summed E-state index contributed by atoms with van der Waals surface area (Å²) in [4.78, 5) is 22.3. The molecule has 1 aliphatic heterocycles. The molecular weight excluding hydrogens is 260 g/mol. The zero-order valence-corrected chi connectivity index (χ0v) is 11.6. The largest absolute Gasteiger partial charge is 0.369 e. The van der Waals surface area contributed by atoms with Crippen molar-refractivity contribution in [2.24, 2.45) is 11.7 Å². The van der Waals surface area contributed by atoms with Crippen LogP contribution in [0, 0.1) is 5.92 Å². The average molecular weight is 276 g/mol. The maximum Gasteiger partial charge on any atom is 0.222 e. The van der Waals surface area contributed by atoms with E-state index in [0.29, 0.717) is 12.6 Å². The number of nitrogens with two attached hydrogens (primary N) is 1. The molecule has 0 spiro atoms. The van der Waals surface area contributed by atoms with E-state index in [9.17, 15) is 4.79 Å². The van der Waals surface area contributed by atoms with Gasteiger partial charge in [0.2, 0.25) is 5.91 Å². The number of aromatic nitrogens is 2. The van der Waals surface area contributed by atoms with Crippen LogP contribution in [-0.2, 0) is 4.79 Å². The number of nitrogens with zero attached hydrogens (tertiary/aromatic N) is 3. The van der Waals surface area contributed by atoms with Gasteiger partial charge in [-0.25, -0.2) is 9.97 Å². The molecule has 2 N–H and O–H groups in total. The van der Waals surface area contributed by atoms with E-state index >= 15 is 0 Å². The quantitative estimate of drug-likeness (QED) is 0.907. The second-order valence-corrected chi connectivity index (χ2v) is 5.93. The minimum Gasteiger partial charge on any atom is -0.369 e. The van der Waals surface area contributed by atoms with Gasteiger partial charge in [-0.3, -0.25) is 4.79 Å². The number of carbonyl (C=O) groups is 1. The van der Waals surface area contributed by atoms with Gasteiger partial charge in [-0.1, -0.05) is 0 Å². The van der Waals surface area contributed by atoms with Crippen molar-refractivity contribution in [1.82, 2.24) is 9.97 Å². The highest BCUT2D eigenvalue weighted by molar-refractivity contribution is 7.17. The maximum atomic E-state index is 11.4. The molecule has 0 aromatic carbocycles. The number of rotatable bonds is 2. The molecule has 3 rings (SSSR count). The van der Waals surface area contributed by atoms with Crippen LogP contribution < -0.4 is 10.6 Å². The first-order valence-electron chi connectivity index (χ1n) is 6.41. The van der Waals surface area contributed by atoms with Crippen LogP contribution in [0.1, 0.15) is 19.8 Å². The summed E-state index contributed by atoms with van der Waals surface area (Å²) in [5.41, 5.74) is 6.41. The number of anilines is 1. The first kappa shape index (κ1) is 12.3. The fourth-order valence-electron chi connectivity index (χ4n) is 2.61. The summed E-state index contributed by atoms with van der Waals surface area (Å²) >= 11 is 1.64. The number of primary amides is 1. The zero-order chi connectivity index (χ0) is 13.4. The van der Waals surface area contributed by atoms with Crippen molar-refractivity contribution >= 4 is 33.3 Å². The molecule has 2 aromatic heterocycles. The van der Waals surface area contributed by atoms with Gasteiger partial charge in [0.1, 0.15) is 12.1 Å². The second kappa shape index (κ2) is 4.77. The molecule has 1 saturated heterocycles. The Labute approximate surface area is 115 Å². The van der Waals surface area contributed by atoms with Crippen LogP contribution in [0.4, 0.5) is 5.82 Å². The van der Waals surface area contributed by atoms with E-state index in [1.54, 1.807) is 17.7 Å². The predicted octanol–water partition coefficient (Wildman–Crippen LogP) is 1.78. The van der Waals surface area contributed by atoms with Crippen LogP contribution in [0.5, 0.6) is 0 Å². The standard InChI is InChI=1S/C13H16N4OS/c1-8-2-3-9(12(14)18)6-17(8)13-11-10(4-5-19-11)15-7-16-13/h4-5,7-9H,2-3,6H2,1H3,(H2,14,18)/t8-,9+/m0/s1. The van der Waals surface area contributed by atoms with Crippen LogP contribution in [-0.4, -0.2) is 28.5 Å². The summed E-state index contributed by atoms with van der Waals surface area (Å²) in [6.07, 6.45) is 3.42. The van der Waals surface area contributed by atoms with Gasteiger partial charge in [0.15, 0.2) is 0 Å². The molecule has 1 aliphatic rings. The molecule has 0 radical (unpaired) electrons. The Kier molecular flexibility index (Phi) is 3.10. The number of fused-ring (bicyclic) bond motifs is 1. The smallest absolute Gasteiger partial charge is 0.222 e. The van der Waals surface area contributed by atoms with Crippen molar-refractivity contribution in [2.75, 3.05) is 11.4 Å². The minimum atomic E-state index is -0.214. The van der Waals surface area contributed by atoms with Crippen LogP contribution >= 0.6 is 11.3 Å². The third-order valence-corrected chi connectivity index (χ3v) is 4.68. The molecule has 0 aliphatic carbocycles. The van der Waals surface area contributed by atoms with Gasteiger partial charge in [-0.05, 0) is 31.2 Å². The van der Waals surface area contributed by atoms with Gasteiger partial charge in [-0.15, -0.1) is 11.3 Å². The van der Waals surface area contributed by atoms with Crippen molar-refractivity contribution in [2.45, 2.75) is 25.8 Å². The van der Waals surface area contributed by atoms with Gasteiger partial charge < -0.3 is 10.6 Å². The second-order valence-electron chi connectivity index (χ2n) is 5.01. The Hall–Kier alpha value is -1.69. The first-order chi connectivity index (χ1) is 9.16. The lowest BCUT2D eigenvalue weighted by Crippen LogP contribution is -2.46. The average Bonchev–Trinajstić information content (AvgIpc) is 2.87. The third kappa shape index (κ3) is 2.16. The van der Waals surface area contributed by atoms with E-state index in [0.717, 1.165) is 28.9 Å². The fourth-order valence-corrected chi connectivity index (χ4v) is 3.46. The van der Waals surface area contributed by atoms with Crippen LogP contribution in [0.15, 0.2) is 17.8 Å². The normalized spacial score (nSPS) is 23.7. The summed E-state index contributed by atoms with van der Waals surface area (Å²) in [5, 5.41) is 2.02. The van der Waals surface area contributed by atoms with Gasteiger partial charge >= 0.3 is 0 Å². The molecule has 0 saturated carbocycles. The molecule has 100 valence electrons. The number of amides is 1. The van der Waals surface area contributed by atoms with E-state index in [-0.39, 0.29) is 11.8 Å². The van der Waals surface area contributed by atoms with E-state index < -0.39 is 0 Å². The van der Waals surface area contributed by atoms with Crippen LogP contribution in [0.3, 0.4) is 0 Å². The molecule has 1 amide bonds. The summed E-state index contributed by atoms with van der Waals surface area (Å²) in [6.45, 7) is 2.82. The van der Waals surface area contributed by atoms with Crippen molar-refractivity contribution < 1.29 is 4.79 Å². The first-order valence-corrected chi connectivity index (χ1v) is 7.29. The van der Waals surface area contributed by atoms with Gasteiger partial charge in [0, 0.05) is 12.6 Å². The summed E-state index contributed by atoms with van der Waals surface area (Å²) in [6, 6.07) is 2.36. The molecule has 5 nitrogen and oxygen atoms in total. The maximum absolute atomic E-state index is 11.4. The Bertz CT molecular complexity index is 611. The Morgan fingerprint density at radius 3 is 3.11 bits per heavy atom. The minimum absolute atomic E-state index is 0.0822. The van der Waals surface area contributed by atoms with Crippen molar-refractivity contribution in [1.29, 1.82) is 0 Å². The highest BCUT2D eigenvalue weighted by Gasteiger charge is 2.30. The van der Waals surface area contributed by atoms with Crippen molar-refractivity contribution in [3.8, 4) is 0 Å². The topological polar surface area (TPSA) is 72.1 Å². The Morgan fingerprint density at radius 2 is 2.32 bits per heavy atom. The van der Waals surface area contributed by atoms with Crippen molar-refractivity contribution in [3.63, 3.8) is 0 Å².